The van der Waals surface area contributed by atoms with Crippen LogP contribution in [0.1, 0.15) is 29.2 Å². The highest BCUT2D eigenvalue weighted by Gasteiger charge is 2.30. The molecule has 8 heteroatoms. The van der Waals surface area contributed by atoms with Crippen LogP contribution < -0.4 is 5.56 Å². The topological polar surface area (TPSA) is 139 Å². The highest BCUT2D eigenvalue weighted by atomic mass is 16.6. The lowest BCUT2D eigenvalue weighted by Gasteiger charge is -2.19. The van der Waals surface area contributed by atoms with Crippen molar-refractivity contribution in [3.05, 3.63) is 61.6 Å². The Bertz CT molecular complexity index is 868. The van der Waals surface area contributed by atoms with Gasteiger partial charge in [0.1, 0.15) is 0 Å². The van der Waals surface area contributed by atoms with Crippen LogP contribution in [0.15, 0.2) is 29.1 Å². The molecule has 0 spiro atoms. The summed E-state index contributed by atoms with van der Waals surface area (Å²) < 4.78 is 0. The number of benzene rings is 1. The molecule has 1 heterocycles. The predicted octanol–water partition coefficient (Wildman–Crippen LogP) is 2.10. The van der Waals surface area contributed by atoms with Gasteiger partial charge in [-0.05, 0) is 12.5 Å². The molecule has 8 nitrogen and oxygen atoms in total. The van der Waals surface area contributed by atoms with E-state index in [9.17, 15) is 20.2 Å². The molecule has 0 aliphatic rings. The molecule has 2 rings (SSSR count). The number of rotatable bonds is 5. The van der Waals surface area contributed by atoms with Crippen molar-refractivity contribution in [2.24, 2.45) is 5.92 Å². The molecule has 0 saturated carbocycles. The van der Waals surface area contributed by atoms with E-state index in [4.69, 9.17) is 5.26 Å². The molecule has 2 atom stereocenters. The monoisotopic (exact) mass is 311 g/mol. The molecule has 0 radical (unpaired) electrons. The first-order valence-corrected chi connectivity index (χ1v) is 6.77. The van der Waals surface area contributed by atoms with Gasteiger partial charge < -0.3 is 5.10 Å². The molecule has 0 fully saturated rings. The zero-order valence-corrected chi connectivity index (χ0v) is 12.2. The minimum Gasteiger partial charge on any atom is -0.302 e. The van der Waals surface area contributed by atoms with Crippen molar-refractivity contribution in [2.75, 3.05) is 0 Å². The Labute approximate surface area is 131 Å². The minimum atomic E-state index is -0.794. The second-order valence-corrected chi connectivity index (χ2v) is 5.05. The van der Waals surface area contributed by atoms with E-state index in [1.807, 2.05) is 12.1 Å². The fourth-order valence-corrected chi connectivity index (χ4v) is 2.60. The molecule has 0 aliphatic heterocycles. The third-order valence-electron chi connectivity index (χ3n) is 3.64. The average molecular weight is 311 g/mol. The molecule has 0 aliphatic carbocycles. The first-order valence-electron chi connectivity index (χ1n) is 6.77. The molecule has 0 amide bonds. The predicted molar refractivity (Wildman–Crippen MR) is 80.4 cm³/mol. The van der Waals surface area contributed by atoms with Gasteiger partial charge in [-0.1, -0.05) is 12.1 Å². The Morgan fingerprint density at radius 3 is 2.61 bits per heavy atom. The number of nitrogens with one attached hydrogen (secondary N) is 2. The van der Waals surface area contributed by atoms with Crippen molar-refractivity contribution in [3.8, 4) is 12.1 Å². The quantitative estimate of drug-likeness (QED) is 0.642. The number of nitrogens with zero attached hydrogens (tertiary/aromatic N) is 3. The SMILES string of the molecule is Cc1[nH][nH]c(=O)c1[C@H](c1cccc([N+](=O)[O-])c1)[C@H](C#N)CC#N. The Kier molecular flexibility index (Phi) is 4.58. The van der Waals surface area contributed by atoms with Crippen molar-refractivity contribution in [1.29, 1.82) is 10.5 Å². The summed E-state index contributed by atoms with van der Waals surface area (Å²) in [5.41, 5.74) is 0.758. The van der Waals surface area contributed by atoms with E-state index in [1.54, 1.807) is 13.0 Å². The van der Waals surface area contributed by atoms with Gasteiger partial charge in [-0.3, -0.25) is 20.0 Å². The first kappa shape index (κ1) is 16.0. The average Bonchev–Trinajstić information content (AvgIpc) is 2.87. The second kappa shape index (κ2) is 6.58. The molecular formula is C15H13N5O3. The van der Waals surface area contributed by atoms with E-state index in [2.05, 4.69) is 10.2 Å². The van der Waals surface area contributed by atoms with E-state index in [-0.39, 0.29) is 12.1 Å². The number of nitro benzene ring substituents is 1. The minimum absolute atomic E-state index is 0.0894. The highest BCUT2D eigenvalue weighted by molar-refractivity contribution is 5.42. The number of nitro groups is 1. The number of non-ortho nitro benzene ring substituents is 1. The Morgan fingerprint density at radius 2 is 2.09 bits per heavy atom. The van der Waals surface area contributed by atoms with Crippen LogP contribution in [0.5, 0.6) is 0 Å². The maximum Gasteiger partial charge on any atom is 0.269 e. The summed E-state index contributed by atoms with van der Waals surface area (Å²) in [6, 6.07) is 9.74. The van der Waals surface area contributed by atoms with Crippen LogP contribution in [0, 0.1) is 45.6 Å². The molecule has 1 aromatic carbocycles. The molecule has 2 N–H and O–H groups in total. The molecule has 0 unspecified atom stereocenters. The summed E-state index contributed by atoms with van der Waals surface area (Å²) in [5.74, 6) is -1.52. The molecule has 2 aromatic rings. The van der Waals surface area contributed by atoms with Crippen LogP contribution in [0.2, 0.25) is 0 Å². The number of nitriles is 2. The lowest BCUT2D eigenvalue weighted by molar-refractivity contribution is -0.384. The zero-order valence-electron chi connectivity index (χ0n) is 12.2. The fraction of sp³-hybridized carbons (Fsp3) is 0.267. The Balaban J connectivity index is 2.66. The molecular weight excluding hydrogens is 298 g/mol. The number of hydrogen-bond acceptors (Lipinski definition) is 5. The third-order valence-corrected chi connectivity index (χ3v) is 3.64. The van der Waals surface area contributed by atoms with Crippen LogP contribution in [0.4, 0.5) is 5.69 Å². The lowest BCUT2D eigenvalue weighted by Crippen LogP contribution is -2.20. The van der Waals surface area contributed by atoms with Crippen LogP contribution >= 0.6 is 0 Å². The summed E-state index contributed by atoms with van der Waals surface area (Å²) in [4.78, 5) is 22.5. The summed E-state index contributed by atoms with van der Waals surface area (Å²) >= 11 is 0. The van der Waals surface area contributed by atoms with Gasteiger partial charge in [0.15, 0.2) is 0 Å². The Morgan fingerprint density at radius 1 is 1.35 bits per heavy atom. The van der Waals surface area contributed by atoms with Crippen molar-refractivity contribution in [3.63, 3.8) is 0 Å². The van der Waals surface area contributed by atoms with Gasteiger partial charge in [-0.2, -0.15) is 10.5 Å². The number of hydrogen-bond donors (Lipinski definition) is 2. The number of aryl methyl sites for hydroxylation is 1. The van der Waals surface area contributed by atoms with Gasteiger partial charge in [-0.15, -0.1) is 0 Å². The maximum atomic E-state index is 12.1. The van der Waals surface area contributed by atoms with E-state index in [0.717, 1.165) is 0 Å². The van der Waals surface area contributed by atoms with Gasteiger partial charge in [0, 0.05) is 29.3 Å². The zero-order chi connectivity index (χ0) is 17.0. The van der Waals surface area contributed by atoms with E-state index in [1.165, 1.54) is 18.2 Å². The van der Waals surface area contributed by atoms with Crippen LogP contribution in [0.3, 0.4) is 0 Å². The summed E-state index contributed by atoms with van der Waals surface area (Å²) in [6.07, 6.45) is -0.0894. The van der Waals surface area contributed by atoms with Crippen molar-refractivity contribution >= 4 is 5.69 Å². The van der Waals surface area contributed by atoms with E-state index < -0.39 is 22.3 Å². The Hall–Kier alpha value is -3.39. The maximum absolute atomic E-state index is 12.1. The van der Waals surface area contributed by atoms with Crippen molar-refractivity contribution < 1.29 is 4.92 Å². The third kappa shape index (κ3) is 3.11. The molecule has 1 aromatic heterocycles. The van der Waals surface area contributed by atoms with Gasteiger partial charge >= 0.3 is 0 Å². The molecule has 0 saturated heterocycles. The fourth-order valence-electron chi connectivity index (χ4n) is 2.60. The van der Waals surface area contributed by atoms with Gasteiger partial charge in [0.05, 0.1) is 29.4 Å². The van der Waals surface area contributed by atoms with Crippen molar-refractivity contribution in [1.82, 2.24) is 10.2 Å². The smallest absolute Gasteiger partial charge is 0.269 e. The number of aromatic amines is 2. The largest absolute Gasteiger partial charge is 0.302 e. The first-order chi connectivity index (χ1) is 11.0. The summed E-state index contributed by atoms with van der Waals surface area (Å²) in [6.45, 7) is 1.67. The number of H-pyrrole nitrogens is 2. The summed E-state index contributed by atoms with van der Waals surface area (Å²) in [7, 11) is 0. The van der Waals surface area contributed by atoms with E-state index in [0.29, 0.717) is 16.8 Å². The van der Waals surface area contributed by atoms with Gasteiger partial charge in [-0.25, -0.2) is 0 Å². The van der Waals surface area contributed by atoms with Crippen LogP contribution in [-0.4, -0.2) is 15.1 Å². The second-order valence-electron chi connectivity index (χ2n) is 5.05. The standard InChI is InChI=1S/C15H13N5O3/c1-9-13(15(21)19-18-9)14(11(8-17)5-6-16)10-3-2-4-12(7-10)20(22)23/h2-4,7,11,14H,5H2,1H3,(H2,18,19,21)/t11-,14+/m0/s1. The van der Waals surface area contributed by atoms with E-state index >= 15 is 0 Å². The van der Waals surface area contributed by atoms with Gasteiger partial charge in [0.25, 0.3) is 11.2 Å². The van der Waals surface area contributed by atoms with Crippen molar-refractivity contribution in [2.45, 2.75) is 19.3 Å². The normalized spacial score (nSPS) is 12.8. The van der Waals surface area contributed by atoms with Crippen LogP contribution in [0.25, 0.3) is 0 Å². The summed E-state index contributed by atoms with van der Waals surface area (Å²) in [5, 5.41) is 34.4. The lowest BCUT2D eigenvalue weighted by atomic mass is 9.80. The molecule has 23 heavy (non-hydrogen) atoms. The molecule has 116 valence electrons. The number of aromatic nitrogens is 2. The highest BCUT2D eigenvalue weighted by Crippen LogP contribution is 2.34. The van der Waals surface area contributed by atoms with Gasteiger partial charge in [0.2, 0.25) is 0 Å². The van der Waals surface area contributed by atoms with Crippen LogP contribution in [-0.2, 0) is 0 Å². The molecule has 0 bridgehead atoms.